The van der Waals surface area contributed by atoms with E-state index >= 15 is 0 Å². The zero-order valence-corrected chi connectivity index (χ0v) is 25.7. The average Bonchev–Trinajstić information content (AvgIpc) is 2.83. The van der Waals surface area contributed by atoms with Crippen LogP contribution in [0.4, 0.5) is 10.6 Å². The molecular weight excluding hydrogens is 563 g/mol. The molecule has 0 saturated carbocycles. The van der Waals surface area contributed by atoms with Crippen LogP contribution >= 0.6 is 23.2 Å². The Hall–Kier alpha value is -2.60. The molecule has 1 aromatic carbocycles. The Kier molecular flexibility index (Phi) is 10.1. The monoisotopic (exact) mass is 598 g/mol. The maximum absolute atomic E-state index is 13.1. The van der Waals surface area contributed by atoms with E-state index in [1.165, 1.54) is 0 Å². The van der Waals surface area contributed by atoms with Gasteiger partial charge in [-0.15, -0.1) is 5.10 Å². The number of ether oxygens (including phenoxy) is 2. The minimum atomic E-state index is -1.45. The third-order valence-corrected chi connectivity index (χ3v) is 8.34. The number of anilines is 1. The summed E-state index contributed by atoms with van der Waals surface area (Å²) in [4.78, 5) is 45.1. The zero-order chi connectivity index (χ0) is 29.0. The van der Waals surface area contributed by atoms with Gasteiger partial charge in [0.15, 0.2) is 5.75 Å². The number of aromatic amines is 1. The number of aromatic nitrogens is 2. The van der Waals surface area contributed by atoms with Gasteiger partial charge in [0.05, 0.1) is 22.2 Å². The van der Waals surface area contributed by atoms with E-state index in [1.54, 1.807) is 23.1 Å². The molecule has 2 amide bonds. The molecule has 3 rings (SSSR count). The van der Waals surface area contributed by atoms with Crippen molar-refractivity contribution in [3.05, 3.63) is 38.6 Å². The second-order valence-electron chi connectivity index (χ2n) is 11.6. The van der Waals surface area contributed by atoms with Gasteiger partial charge in [0.2, 0.25) is 12.2 Å². The van der Waals surface area contributed by atoms with Crippen LogP contribution in [-0.2, 0) is 14.4 Å². The van der Waals surface area contributed by atoms with Crippen LogP contribution in [0.3, 0.4) is 0 Å². The molecule has 2 heterocycles. The van der Waals surface area contributed by atoms with E-state index in [4.69, 9.17) is 37.5 Å². The first-order chi connectivity index (χ1) is 18.2. The molecule has 1 aromatic heterocycles. The van der Waals surface area contributed by atoms with E-state index in [2.05, 4.69) is 29.8 Å². The van der Waals surface area contributed by atoms with Crippen molar-refractivity contribution in [2.45, 2.75) is 71.0 Å². The topological polar surface area (TPSA) is 114 Å². The van der Waals surface area contributed by atoms with Crippen molar-refractivity contribution in [1.29, 1.82) is 0 Å². The lowest BCUT2D eigenvalue weighted by molar-refractivity contribution is -0.114. The van der Waals surface area contributed by atoms with Crippen LogP contribution < -0.4 is 15.4 Å². The summed E-state index contributed by atoms with van der Waals surface area (Å²) < 4.78 is 11.9. The third kappa shape index (κ3) is 8.69. The summed E-state index contributed by atoms with van der Waals surface area (Å²) in [6.07, 6.45) is 0.678. The summed E-state index contributed by atoms with van der Waals surface area (Å²) in [7, 11) is -1.45. The van der Waals surface area contributed by atoms with Crippen molar-refractivity contribution < 1.29 is 23.9 Å². The Bertz CT molecular complexity index is 1240. The summed E-state index contributed by atoms with van der Waals surface area (Å²) in [5, 5.41) is 8.11. The summed E-state index contributed by atoms with van der Waals surface area (Å²) in [5.41, 5.74) is -0.568. The van der Waals surface area contributed by atoms with E-state index in [0.717, 1.165) is 11.1 Å². The number of carbonyl (C=O) groups excluding carboxylic acids is 2. The van der Waals surface area contributed by atoms with Crippen LogP contribution in [0, 0.1) is 0 Å². The normalized spacial score (nSPS) is 14.7. The standard InChI is InChI=1S/C26H36Cl2N4O6Si/c1-26(2,3)38-25(35)31-11-9-18(10-12-31)37-22-21(17-7-8-19(27)20(28)15-17)24(34)30-29-23(22)32(16-33)36-13-14-39(4,5)6/h7-8,15-16,18H,9-14H2,1-6H3,(H,30,34). The molecule has 39 heavy (non-hydrogen) atoms. The molecule has 214 valence electrons. The SMILES string of the molecule is CC(C)(C)OC(=O)N1CCC(Oc2c(N(C=O)OCC[Si](C)(C)C)n[nH]c(=O)c2-c2ccc(Cl)c(Cl)c2)CC1. The summed E-state index contributed by atoms with van der Waals surface area (Å²) >= 11 is 12.4. The lowest BCUT2D eigenvalue weighted by atomic mass is 10.1. The lowest BCUT2D eigenvalue weighted by Gasteiger charge is -2.34. The van der Waals surface area contributed by atoms with E-state index in [9.17, 15) is 14.4 Å². The van der Waals surface area contributed by atoms with Crippen molar-refractivity contribution in [1.82, 2.24) is 15.1 Å². The lowest BCUT2D eigenvalue weighted by Crippen LogP contribution is -2.44. The van der Waals surface area contributed by atoms with Crippen LogP contribution in [-0.4, -0.2) is 67.1 Å². The van der Waals surface area contributed by atoms with Gasteiger partial charge in [-0.3, -0.25) is 14.4 Å². The summed E-state index contributed by atoms with van der Waals surface area (Å²) in [6, 6.07) is 5.56. The molecule has 1 N–H and O–H groups in total. The summed E-state index contributed by atoms with van der Waals surface area (Å²) in [6.45, 7) is 13.1. The molecule has 1 aliphatic heterocycles. The number of halogens is 2. The fourth-order valence-corrected chi connectivity index (χ4v) is 4.84. The van der Waals surface area contributed by atoms with Crippen molar-refractivity contribution >= 4 is 49.6 Å². The van der Waals surface area contributed by atoms with Gasteiger partial charge in [-0.05, 0) is 44.5 Å². The number of nitrogens with zero attached hydrogens (tertiary/aromatic N) is 3. The number of hydrogen-bond acceptors (Lipinski definition) is 7. The number of nitrogens with one attached hydrogen (secondary N) is 1. The molecule has 1 aliphatic rings. The van der Waals surface area contributed by atoms with Crippen LogP contribution in [0.1, 0.15) is 33.6 Å². The third-order valence-electron chi connectivity index (χ3n) is 5.89. The van der Waals surface area contributed by atoms with E-state index < -0.39 is 19.2 Å². The van der Waals surface area contributed by atoms with Gasteiger partial charge in [0, 0.05) is 34.0 Å². The number of rotatable bonds is 9. The second-order valence-corrected chi connectivity index (χ2v) is 18.0. The minimum absolute atomic E-state index is 0.0100. The van der Waals surface area contributed by atoms with Crippen LogP contribution in [0.5, 0.6) is 5.75 Å². The fourth-order valence-electron chi connectivity index (χ4n) is 3.84. The molecule has 2 aromatic rings. The fraction of sp³-hybridized carbons (Fsp3) is 0.538. The average molecular weight is 600 g/mol. The Balaban J connectivity index is 1.94. The van der Waals surface area contributed by atoms with Gasteiger partial charge in [0.25, 0.3) is 5.56 Å². The summed E-state index contributed by atoms with van der Waals surface area (Å²) in [5.74, 6) is 0.0868. The Morgan fingerprint density at radius 3 is 2.44 bits per heavy atom. The molecule has 0 spiro atoms. The number of hydroxylamine groups is 1. The van der Waals surface area contributed by atoms with Gasteiger partial charge in [-0.2, -0.15) is 5.06 Å². The first kappa shape index (κ1) is 30.9. The zero-order valence-electron chi connectivity index (χ0n) is 23.2. The second kappa shape index (κ2) is 12.7. The molecule has 0 bridgehead atoms. The van der Waals surface area contributed by atoms with E-state index in [-0.39, 0.29) is 34.4 Å². The van der Waals surface area contributed by atoms with Gasteiger partial charge >= 0.3 is 6.09 Å². The van der Waals surface area contributed by atoms with Crippen LogP contribution in [0.15, 0.2) is 23.0 Å². The Morgan fingerprint density at radius 1 is 1.21 bits per heavy atom. The maximum atomic E-state index is 13.1. The predicted octanol–water partition coefficient (Wildman–Crippen LogP) is 5.75. The highest BCUT2D eigenvalue weighted by Gasteiger charge is 2.31. The first-order valence-electron chi connectivity index (χ1n) is 12.8. The van der Waals surface area contributed by atoms with E-state index in [0.29, 0.717) is 49.5 Å². The number of H-pyrrole nitrogens is 1. The van der Waals surface area contributed by atoms with Gasteiger partial charge in [-0.25, -0.2) is 9.89 Å². The number of likely N-dealkylation sites (tertiary alicyclic amines) is 1. The van der Waals surface area contributed by atoms with Crippen molar-refractivity contribution in [2.75, 3.05) is 24.8 Å². The molecule has 0 atom stereocenters. The number of carbonyl (C=O) groups is 2. The van der Waals surface area contributed by atoms with Crippen molar-refractivity contribution in [2.24, 2.45) is 0 Å². The smallest absolute Gasteiger partial charge is 0.410 e. The molecule has 0 unspecified atom stereocenters. The van der Waals surface area contributed by atoms with Gasteiger partial charge in [-0.1, -0.05) is 48.9 Å². The molecule has 13 heteroatoms. The number of hydrogen-bond donors (Lipinski definition) is 1. The molecule has 1 saturated heterocycles. The maximum Gasteiger partial charge on any atom is 0.410 e. The number of amides is 2. The minimum Gasteiger partial charge on any atom is -0.485 e. The molecule has 10 nitrogen and oxygen atoms in total. The van der Waals surface area contributed by atoms with Gasteiger partial charge in [0.1, 0.15) is 11.7 Å². The quantitative estimate of drug-likeness (QED) is 0.222. The van der Waals surface area contributed by atoms with Crippen molar-refractivity contribution in [3.8, 4) is 16.9 Å². The highest BCUT2D eigenvalue weighted by Crippen LogP contribution is 2.38. The molecular formula is C26H36Cl2N4O6Si. The van der Waals surface area contributed by atoms with Gasteiger partial charge < -0.3 is 14.4 Å². The van der Waals surface area contributed by atoms with Crippen LogP contribution in [0.2, 0.25) is 35.7 Å². The van der Waals surface area contributed by atoms with E-state index in [1.807, 2.05) is 20.8 Å². The molecule has 0 radical (unpaired) electrons. The predicted molar refractivity (Wildman–Crippen MR) is 154 cm³/mol. The number of benzene rings is 1. The van der Waals surface area contributed by atoms with Crippen LogP contribution in [0.25, 0.3) is 11.1 Å². The first-order valence-corrected chi connectivity index (χ1v) is 17.2. The highest BCUT2D eigenvalue weighted by atomic mass is 35.5. The highest BCUT2D eigenvalue weighted by molar-refractivity contribution is 6.76. The Labute approximate surface area is 239 Å². The number of piperidine rings is 1. The van der Waals surface area contributed by atoms with Crippen molar-refractivity contribution in [3.63, 3.8) is 0 Å². The Morgan fingerprint density at radius 2 is 1.87 bits per heavy atom. The molecule has 1 fully saturated rings. The largest absolute Gasteiger partial charge is 0.485 e. The molecule has 0 aliphatic carbocycles.